The van der Waals surface area contributed by atoms with Crippen molar-refractivity contribution in [3.8, 4) is 5.75 Å². The fourth-order valence-corrected chi connectivity index (χ4v) is 3.37. The van der Waals surface area contributed by atoms with E-state index in [2.05, 4.69) is 0 Å². The number of fused-ring (bicyclic) bond motifs is 1. The number of esters is 2. The molecule has 0 N–H and O–H groups in total. The summed E-state index contributed by atoms with van der Waals surface area (Å²) < 4.78 is 11.9. The van der Waals surface area contributed by atoms with Gasteiger partial charge in [-0.15, -0.1) is 0 Å². The number of methoxy groups -OCH3 is 1. The lowest BCUT2D eigenvalue weighted by atomic mass is 9.95. The third-order valence-corrected chi connectivity index (χ3v) is 4.66. The fourth-order valence-electron chi connectivity index (χ4n) is 3.37. The Bertz CT molecular complexity index is 1200. The quantitative estimate of drug-likeness (QED) is 0.299. The summed E-state index contributed by atoms with van der Waals surface area (Å²) in [4.78, 5) is 35.5. The summed E-state index contributed by atoms with van der Waals surface area (Å²) in [5.74, 6) is -1.03. The maximum absolute atomic E-state index is 12.5. The SMILES string of the molecule is COc1ccc2c(c1)c(C1=C(c3cccc([N+](=O)[O-])c3)C(=O)OC1=O)cn2C. The van der Waals surface area contributed by atoms with Crippen LogP contribution in [0.3, 0.4) is 0 Å². The number of aromatic nitrogens is 1. The van der Waals surface area contributed by atoms with Crippen molar-refractivity contribution in [2.24, 2.45) is 7.05 Å². The fraction of sp³-hybridized carbons (Fsp3) is 0.100. The molecule has 2 aromatic carbocycles. The molecule has 0 saturated carbocycles. The molecule has 4 rings (SSSR count). The van der Waals surface area contributed by atoms with Gasteiger partial charge in [-0.05, 0) is 23.8 Å². The van der Waals surface area contributed by atoms with Crippen LogP contribution in [0.4, 0.5) is 5.69 Å². The number of non-ortho nitro benzene ring substituents is 1. The summed E-state index contributed by atoms with van der Waals surface area (Å²) in [6.45, 7) is 0. The maximum atomic E-state index is 12.5. The van der Waals surface area contributed by atoms with Crippen LogP contribution in [0.25, 0.3) is 22.0 Å². The zero-order valence-corrected chi connectivity index (χ0v) is 15.0. The summed E-state index contributed by atoms with van der Waals surface area (Å²) in [7, 11) is 3.35. The van der Waals surface area contributed by atoms with E-state index in [0.717, 1.165) is 5.52 Å². The predicted molar refractivity (Wildman–Crippen MR) is 100 cm³/mol. The summed E-state index contributed by atoms with van der Waals surface area (Å²) in [6, 6.07) is 11.0. The molecule has 0 aliphatic carbocycles. The Hall–Kier alpha value is -3.94. The number of ether oxygens (including phenoxy) is 2. The first kappa shape index (κ1) is 17.5. The highest BCUT2D eigenvalue weighted by atomic mass is 16.6. The van der Waals surface area contributed by atoms with E-state index in [4.69, 9.17) is 9.47 Å². The molecule has 0 radical (unpaired) electrons. The van der Waals surface area contributed by atoms with Crippen LogP contribution in [-0.2, 0) is 21.4 Å². The predicted octanol–water partition coefficient (Wildman–Crippen LogP) is 3.09. The Labute approximate surface area is 158 Å². The van der Waals surface area contributed by atoms with Crippen LogP contribution in [0.15, 0.2) is 48.7 Å². The number of nitro groups is 1. The third-order valence-electron chi connectivity index (χ3n) is 4.66. The topological polar surface area (TPSA) is 101 Å². The van der Waals surface area contributed by atoms with Crippen molar-refractivity contribution in [3.05, 3.63) is 69.9 Å². The number of benzene rings is 2. The normalized spacial score (nSPS) is 13.9. The van der Waals surface area contributed by atoms with Gasteiger partial charge in [0.1, 0.15) is 5.75 Å². The van der Waals surface area contributed by atoms with Crippen LogP contribution >= 0.6 is 0 Å². The lowest BCUT2D eigenvalue weighted by Crippen LogP contribution is -2.02. The molecule has 1 aliphatic rings. The molecule has 0 saturated heterocycles. The molecule has 28 heavy (non-hydrogen) atoms. The number of carbonyl (C=O) groups excluding carboxylic acids is 2. The minimum Gasteiger partial charge on any atom is -0.497 e. The number of hydrogen-bond acceptors (Lipinski definition) is 6. The van der Waals surface area contributed by atoms with Gasteiger partial charge in [-0.1, -0.05) is 12.1 Å². The van der Waals surface area contributed by atoms with Crippen molar-refractivity contribution >= 4 is 39.7 Å². The monoisotopic (exact) mass is 378 g/mol. The Balaban J connectivity index is 2.02. The van der Waals surface area contributed by atoms with Crippen LogP contribution in [-0.4, -0.2) is 28.5 Å². The second-order valence-corrected chi connectivity index (χ2v) is 6.27. The van der Waals surface area contributed by atoms with Gasteiger partial charge in [0.15, 0.2) is 0 Å². The molecule has 8 nitrogen and oxygen atoms in total. The smallest absolute Gasteiger partial charge is 0.347 e. The van der Waals surface area contributed by atoms with E-state index in [0.29, 0.717) is 16.7 Å². The van der Waals surface area contributed by atoms with Crippen molar-refractivity contribution in [1.82, 2.24) is 4.57 Å². The first-order valence-electron chi connectivity index (χ1n) is 8.29. The van der Waals surface area contributed by atoms with Crippen LogP contribution in [0.1, 0.15) is 11.1 Å². The van der Waals surface area contributed by atoms with Crippen molar-refractivity contribution in [2.75, 3.05) is 7.11 Å². The summed E-state index contributed by atoms with van der Waals surface area (Å²) >= 11 is 0. The zero-order chi connectivity index (χ0) is 20.0. The van der Waals surface area contributed by atoms with Gasteiger partial charge in [-0.25, -0.2) is 9.59 Å². The van der Waals surface area contributed by atoms with Gasteiger partial charge < -0.3 is 14.0 Å². The van der Waals surface area contributed by atoms with Crippen molar-refractivity contribution in [1.29, 1.82) is 0 Å². The Kier molecular flexibility index (Phi) is 3.96. The highest BCUT2D eigenvalue weighted by molar-refractivity contribution is 6.45. The molecule has 1 aliphatic heterocycles. The van der Waals surface area contributed by atoms with E-state index < -0.39 is 16.9 Å². The number of nitro benzene ring substituents is 1. The van der Waals surface area contributed by atoms with Crippen molar-refractivity contribution in [2.45, 2.75) is 0 Å². The third kappa shape index (κ3) is 2.62. The van der Waals surface area contributed by atoms with E-state index >= 15 is 0 Å². The number of hydrogen-bond donors (Lipinski definition) is 0. The molecule has 3 aromatic rings. The standard InChI is InChI=1S/C20H14N2O6/c1-21-10-15(14-9-13(27-2)6-7-16(14)21)18-17(19(23)28-20(18)24)11-4-3-5-12(8-11)22(25)26/h3-10H,1-2H3. The Morgan fingerprint density at radius 1 is 1.07 bits per heavy atom. The van der Waals surface area contributed by atoms with E-state index in [1.165, 1.54) is 31.4 Å². The van der Waals surface area contributed by atoms with Crippen LogP contribution in [0.5, 0.6) is 5.75 Å². The van der Waals surface area contributed by atoms with E-state index in [9.17, 15) is 19.7 Å². The summed E-state index contributed by atoms with van der Waals surface area (Å²) in [5, 5.41) is 11.8. The van der Waals surface area contributed by atoms with E-state index in [1.54, 1.807) is 18.3 Å². The van der Waals surface area contributed by atoms with Crippen LogP contribution in [0, 0.1) is 10.1 Å². The maximum Gasteiger partial charge on any atom is 0.347 e. The van der Waals surface area contributed by atoms with Crippen LogP contribution in [0.2, 0.25) is 0 Å². The van der Waals surface area contributed by atoms with E-state index in [-0.39, 0.29) is 22.4 Å². The molecule has 0 fully saturated rings. The molecule has 0 spiro atoms. The largest absolute Gasteiger partial charge is 0.497 e. The lowest BCUT2D eigenvalue weighted by molar-refractivity contribution is -0.384. The molecule has 0 unspecified atom stereocenters. The van der Waals surface area contributed by atoms with Crippen molar-refractivity contribution < 1.29 is 24.0 Å². The minimum absolute atomic E-state index is 0.00372. The average molecular weight is 378 g/mol. The van der Waals surface area contributed by atoms with Crippen LogP contribution < -0.4 is 4.74 Å². The number of carbonyl (C=O) groups is 2. The Morgan fingerprint density at radius 3 is 2.54 bits per heavy atom. The molecular formula is C20H14N2O6. The van der Waals surface area contributed by atoms with Gasteiger partial charge in [-0.3, -0.25) is 10.1 Å². The second-order valence-electron chi connectivity index (χ2n) is 6.27. The molecule has 1 aromatic heterocycles. The molecule has 8 heteroatoms. The average Bonchev–Trinajstić information content (AvgIpc) is 3.16. The first-order chi connectivity index (χ1) is 13.4. The van der Waals surface area contributed by atoms with Crippen molar-refractivity contribution in [3.63, 3.8) is 0 Å². The van der Waals surface area contributed by atoms with Gasteiger partial charge in [0, 0.05) is 41.8 Å². The lowest BCUT2D eigenvalue weighted by Gasteiger charge is -2.04. The number of rotatable bonds is 4. The molecule has 140 valence electrons. The molecule has 0 amide bonds. The zero-order valence-electron chi connectivity index (χ0n) is 15.0. The van der Waals surface area contributed by atoms with Gasteiger partial charge in [0.05, 0.1) is 23.2 Å². The van der Waals surface area contributed by atoms with Gasteiger partial charge in [-0.2, -0.15) is 0 Å². The number of aryl methyl sites for hydroxylation is 1. The Morgan fingerprint density at radius 2 is 1.82 bits per heavy atom. The van der Waals surface area contributed by atoms with Gasteiger partial charge >= 0.3 is 11.9 Å². The molecular weight excluding hydrogens is 364 g/mol. The molecule has 2 heterocycles. The second kappa shape index (κ2) is 6.34. The van der Waals surface area contributed by atoms with Gasteiger partial charge in [0.2, 0.25) is 0 Å². The summed E-state index contributed by atoms with van der Waals surface area (Å²) in [5.41, 5.74) is 1.46. The number of nitrogens with zero attached hydrogens (tertiary/aromatic N) is 2. The minimum atomic E-state index is -0.833. The molecule has 0 bridgehead atoms. The summed E-state index contributed by atoms with van der Waals surface area (Å²) in [6.07, 6.45) is 1.72. The highest BCUT2D eigenvalue weighted by Crippen LogP contribution is 2.39. The highest BCUT2D eigenvalue weighted by Gasteiger charge is 2.36. The van der Waals surface area contributed by atoms with E-state index in [1.807, 2.05) is 17.7 Å². The first-order valence-corrected chi connectivity index (χ1v) is 8.29. The number of cyclic esters (lactones) is 2. The molecule has 0 atom stereocenters. The van der Waals surface area contributed by atoms with Gasteiger partial charge in [0.25, 0.3) is 5.69 Å².